The smallest absolute Gasteiger partial charge is 0.416 e. The molecule has 1 N–H and O–H groups in total. The van der Waals surface area contributed by atoms with Gasteiger partial charge in [-0.15, -0.1) is 0 Å². The van der Waals surface area contributed by atoms with Crippen molar-refractivity contribution in [1.29, 1.82) is 0 Å². The van der Waals surface area contributed by atoms with Crippen molar-refractivity contribution >= 4 is 5.69 Å². The van der Waals surface area contributed by atoms with E-state index < -0.39 is 17.6 Å². The first-order chi connectivity index (χ1) is 10.3. The minimum atomic E-state index is -4.58. The van der Waals surface area contributed by atoms with Gasteiger partial charge in [0, 0.05) is 30.8 Å². The Balaban J connectivity index is 1.77. The number of benzene rings is 1. The Morgan fingerprint density at radius 1 is 1.09 bits per heavy atom. The number of hydrogen-bond acceptors (Lipinski definition) is 4. The summed E-state index contributed by atoms with van der Waals surface area (Å²) in [6.07, 6.45) is -3.36. The molecule has 0 amide bonds. The van der Waals surface area contributed by atoms with Gasteiger partial charge in [-0.3, -0.25) is 0 Å². The molecule has 22 heavy (non-hydrogen) atoms. The van der Waals surface area contributed by atoms with Crippen molar-refractivity contribution in [3.05, 3.63) is 47.7 Å². The summed E-state index contributed by atoms with van der Waals surface area (Å²) in [6.45, 7) is 0.800. The Bertz CT molecular complexity index is 699. The highest BCUT2D eigenvalue weighted by molar-refractivity contribution is 5.53. The first-order valence-corrected chi connectivity index (χ1v) is 6.46. The molecule has 0 aliphatic carbocycles. The predicted octanol–water partition coefficient (Wildman–Crippen LogP) is 2.94. The van der Waals surface area contributed by atoms with Crippen LogP contribution in [0.3, 0.4) is 0 Å². The molecule has 0 bridgehead atoms. The highest BCUT2D eigenvalue weighted by Gasteiger charge is 2.34. The zero-order valence-corrected chi connectivity index (χ0v) is 11.2. The van der Waals surface area contributed by atoms with Gasteiger partial charge >= 0.3 is 6.18 Å². The zero-order chi connectivity index (χ0) is 15.9. The summed E-state index contributed by atoms with van der Waals surface area (Å²) in [7, 11) is 0. The molecule has 1 aromatic heterocycles. The minimum Gasteiger partial charge on any atom is -0.493 e. The summed E-state index contributed by atoms with van der Waals surface area (Å²) in [5.41, 5.74) is -0.219. The van der Waals surface area contributed by atoms with Crippen molar-refractivity contribution in [2.75, 3.05) is 18.0 Å². The van der Waals surface area contributed by atoms with Crippen LogP contribution in [-0.2, 0) is 6.18 Å². The van der Waals surface area contributed by atoms with Crippen LogP contribution < -0.4 is 4.90 Å². The van der Waals surface area contributed by atoms with Crippen LogP contribution in [0.4, 0.5) is 23.2 Å². The third kappa shape index (κ3) is 2.81. The summed E-state index contributed by atoms with van der Waals surface area (Å²) in [4.78, 5) is 9.20. The number of aromatic nitrogens is 2. The highest BCUT2D eigenvalue weighted by Crippen LogP contribution is 2.36. The molecule has 1 saturated heterocycles. The largest absolute Gasteiger partial charge is 0.493 e. The Kier molecular flexibility index (Phi) is 3.38. The molecule has 2 heterocycles. The maximum Gasteiger partial charge on any atom is 0.416 e. The molecular weight excluding hydrogens is 302 g/mol. The van der Waals surface area contributed by atoms with Crippen LogP contribution in [-0.4, -0.2) is 28.2 Å². The van der Waals surface area contributed by atoms with Gasteiger partial charge in [-0.25, -0.2) is 14.4 Å². The highest BCUT2D eigenvalue weighted by atomic mass is 19.4. The topological polar surface area (TPSA) is 49.2 Å². The number of hydrogen-bond donors (Lipinski definition) is 1. The average Bonchev–Trinajstić information content (AvgIpc) is 2.35. The first-order valence-electron chi connectivity index (χ1n) is 6.46. The molecule has 1 fully saturated rings. The molecule has 3 rings (SSSR count). The molecule has 2 aromatic rings. The van der Waals surface area contributed by atoms with Crippen LogP contribution in [0.25, 0.3) is 0 Å². The van der Waals surface area contributed by atoms with Crippen LogP contribution in [0, 0.1) is 5.82 Å². The normalized spacial score (nSPS) is 15.7. The van der Waals surface area contributed by atoms with Gasteiger partial charge in [-0.2, -0.15) is 13.2 Å². The molecule has 0 spiro atoms. The third-order valence-corrected chi connectivity index (χ3v) is 3.55. The van der Waals surface area contributed by atoms with E-state index in [1.54, 1.807) is 4.90 Å². The lowest BCUT2D eigenvalue weighted by molar-refractivity contribution is -0.137. The molecule has 0 atom stereocenters. The van der Waals surface area contributed by atoms with E-state index in [4.69, 9.17) is 0 Å². The van der Waals surface area contributed by atoms with Crippen molar-refractivity contribution in [2.24, 2.45) is 0 Å². The van der Waals surface area contributed by atoms with E-state index in [0.29, 0.717) is 24.8 Å². The van der Waals surface area contributed by atoms with E-state index >= 15 is 0 Å². The summed E-state index contributed by atoms with van der Waals surface area (Å²) in [5, 5.41) is 9.29. The van der Waals surface area contributed by atoms with Gasteiger partial charge in [0.1, 0.15) is 12.1 Å². The predicted molar refractivity (Wildman–Crippen MR) is 70.1 cm³/mol. The number of halogens is 4. The SMILES string of the molecule is Oc1cc(C2CN(c3cc(F)cc(C(F)(F)F)c3)C2)ncn1. The fraction of sp³-hybridized carbons (Fsp3) is 0.286. The Labute approximate surface area is 123 Å². The van der Waals surface area contributed by atoms with Crippen LogP contribution in [0.15, 0.2) is 30.6 Å². The van der Waals surface area contributed by atoms with Crippen LogP contribution in [0.5, 0.6) is 5.88 Å². The van der Waals surface area contributed by atoms with Crippen molar-refractivity contribution in [3.63, 3.8) is 0 Å². The maximum absolute atomic E-state index is 13.4. The van der Waals surface area contributed by atoms with Gasteiger partial charge < -0.3 is 10.0 Å². The number of alkyl halides is 3. The lowest BCUT2D eigenvalue weighted by atomic mass is 9.95. The molecule has 1 aromatic carbocycles. The second-order valence-electron chi connectivity index (χ2n) is 5.10. The molecule has 0 unspecified atom stereocenters. The van der Waals surface area contributed by atoms with Gasteiger partial charge in [-0.1, -0.05) is 0 Å². The Hall–Kier alpha value is -2.38. The van der Waals surface area contributed by atoms with E-state index in [0.717, 1.165) is 12.1 Å². The monoisotopic (exact) mass is 313 g/mol. The van der Waals surface area contributed by atoms with Crippen molar-refractivity contribution in [3.8, 4) is 5.88 Å². The summed E-state index contributed by atoms with van der Waals surface area (Å²) in [6, 6.07) is 3.89. The molecular formula is C14H11F4N3O. The lowest BCUT2D eigenvalue weighted by Crippen LogP contribution is -2.45. The average molecular weight is 313 g/mol. The molecule has 0 saturated carbocycles. The molecule has 8 heteroatoms. The standard InChI is InChI=1S/C14H11F4N3O/c15-10-1-9(14(16,17)18)2-11(3-10)21-5-8(6-21)12-4-13(22)20-7-19-12/h1-4,7-8H,5-6H2,(H,19,20,22). The van der Waals surface area contributed by atoms with Gasteiger partial charge in [0.2, 0.25) is 5.88 Å². The van der Waals surface area contributed by atoms with Crippen LogP contribution >= 0.6 is 0 Å². The number of nitrogens with zero attached hydrogens (tertiary/aromatic N) is 3. The van der Waals surface area contributed by atoms with E-state index in [9.17, 15) is 22.7 Å². The quantitative estimate of drug-likeness (QED) is 0.866. The van der Waals surface area contributed by atoms with Crippen molar-refractivity contribution in [1.82, 2.24) is 9.97 Å². The maximum atomic E-state index is 13.4. The van der Waals surface area contributed by atoms with Gasteiger partial charge in [0.05, 0.1) is 11.3 Å². The van der Waals surface area contributed by atoms with Gasteiger partial charge in [0.25, 0.3) is 0 Å². The van der Waals surface area contributed by atoms with Crippen molar-refractivity contribution < 1.29 is 22.7 Å². The Morgan fingerprint density at radius 2 is 1.82 bits per heavy atom. The van der Waals surface area contributed by atoms with E-state index in [1.165, 1.54) is 12.4 Å². The van der Waals surface area contributed by atoms with Crippen LogP contribution in [0.2, 0.25) is 0 Å². The Morgan fingerprint density at radius 3 is 2.45 bits per heavy atom. The summed E-state index contributed by atoms with van der Waals surface area (Å²) in [5.74, 6) is -1.12. The van der Waals surface area contributed by atoms with Gasteiger partial charge in [0.15, 0.2) is 0 Å². The zero-order valence-electron chi connectivity index (χ0n) is 11.2. The van der Waals surface area contributed by atoms with Crippen LogP contribution in [0.1, 0.15) is 17.2 Å². The fourth-order valence-corrected chi connectivity index (χ4v) is 2.38. The van der Waals surface area contributed by atoms with E-state index in [1.807, 2.05) is 0 Å². The first kappa shape index (κ1) is 14.6. The lowest BCUT2D eigenvalue weighted by Gasteiger charge is -2.40. The molecule has 116 valence electrons. The van der Waals surface area contributed by atoms with E-state index in [2.05, 4.69) is 9.97 Å². The number of aromatic hydroxyl groups is 1. The number of rotatable bonds is 2. The molecule has 1 aliphatic rings. The number of anilines is 1. The molecule has 1 aliphatic heterocycles. The fourth-order valence-electron chi connectivity index (χ4n) is 2.38. The van der Waals surface area contributed by atoms with Crippen molar-refractivity contribution in [2.45, 2.75) is 12.1 Å². The second-order valence-corrected chi connectivity index (χ2v) is 5.10. The third-order valence-electron chi connectivity index (χ3n) is 3.55. The van der Waals surface area contributed by atoms with E-state index in [-0.39, 0.29) is 17.5 Å². The summed E-state index contributed by atoms with van der Waals surface area (Å²) < 4.78 is 51.4. The summed E-state index contributed by atoms with van der Waals surface area (Å²) >= 11 is 0. The second kappa shape index (κ2) is 5.11. The molecule has 0 radical (unpaired) electrons. The minimum absolute atomic E-state index is 0.0356. The van der Waals surface area contributed by atoms with Gasteiger partial charge in [-0.05, 0) is 18.2 Å². The molecule has 4 nitrogen and oxygen atoms in total.